The molecule has 1 aromatic heterocycles. The fourth-order valence-electron chi connectivity index (χ4n) is 4.52. The van der Waals surface area contributed by atoms with Crippen LogP contribution in [0.25, 0.3) is 11.0 Å². The molecule has 0 radical (unpaired) electrons. The summed E-state index contributed by atoms with van der Waals surface area (Å²) in [5.41, 5.74) is 3.86. The number of piperazine rings is 1. The molecule has 0 saturated carbocycles. The highest BCUT2D eigenvalue weighted by molar-refractivity contribution is 9.10. The third-order valence-electron chi connectivity index (χ3n) is 6.30. The van der Waals surface area contributed by atoms with Crippen molar-refractivity contribution in [1.29, 1.82) is 0 Å². The van der Waals surface area contributed by atoms with Crippen LogP contribution in [0.5, 0.6) is 0 Å². The highest BCUT2D eigenvalue weighted by Gasteiger charge is 2.30. The molecule has 0 bridgehead atoms. The number of amides is 2. The number of nitrogens with zero attached hydrogens (tertiary/aromatic N) is 3. The van der Waals surface area contributed by atoms with E-state index in [1.807, 2.05) is 53.1 Å². The predicted molar refractivity (Wildman–Crippen MR) is 123 cm³/mol. The maximum atomic E-state index is 13.1. The average Bonchev–Trinajstić information content (AvgIpc) is 3.35. The molecule has 2 aliphatic rings. The zero-order valence-electron chi connectivity index (χ0n) is 17.4. The van der Waals surface area contributed by atoms with Crippen molar-refractivity contribution in [2.45, 2.75) is 13.3 Å². The molecule has 3 heterocycles. The van der Waals surface area contributed by atoms with Gasteiger partial charge in [0.15, 0.2) is 5.76 Å². The molecule has 2 aliphatic heterocycles. The van der Waals surface area contributed by atoms with E-state index in [0.29, 0.717) is 38.5 Å². The van der Waals surface area contributed by atoms with Crippen molar-refractivity contribution in [2.24, 2.45) is 0 Å². The Balaban J connectivity index is 1.21. The first-order chi connectivity index (χ1) is 15.0. The summed E-state index contributed by atoms with van der Waals surface area (Å²) in [6, 6.07) is 13.9. The average molecular weight is 482 g/mol. The summed E-state index contributed by atoms with van der Waals surface area (Å²) in [4.78, 5) is 31.8. The molecular weight excluding hydrogens is 458 g/mol. The van der Waals surface area contributed by atoms with Gasteiger partial charge in [0.05, 0.1) is 6.54 Å². The van der Waals surface area contributed by atoms with Crippen LogP contribution in [0, 0.1) is 6.92 Å². The quantitative estimate of drug-likeness (QED) is 0.569. The van der Waals surface area contributed by atoms with E-state index in [9.17, 15) is 9.59 Å². The van der Waals surface area contributed by atoms with Crippen LogP contribution >= 0.6 is 15.9 Å². The fraction of sp³-hybridized carbons (Fsp3) is 0.333. The second-order valence-corrected chi connectivity index (χ2v) is 9.10. The molecule has 6 nitrogen and oxygen atoms in total. The number of furan rings is 1. The number of anilines is 1. The van der Waals surface area contributed by atoms with Crippen molar-refractivity contribution in [3.05, 3.63) is 63.8 Å². The molecule has 0 spiro atoms. The smallest absolute Gasteiger partial charge is 0.289 e. The molecule has 1 saturated heterocycles. The third-order valence-corrected chi connectivity index (χ3v) is 6.79. The maximum Gasteiger partial charge on any atom is 0.289 e. The minimum atomic E-state index is -0.0794. The number of fused-ring (bicyclic) bond motifs is 2. The molecule has 3 aromatic rings. The number of carbonyl (C=O) groups excluding carboxylic acids is 2. The topological polar surface area (TPSA) is 57.0 Å². The van der Waals surface area contributed by atoms with Crippen LogP contribution in [0.2, 0.25) is 0 Å². The number of para-hydroxylation sites is 1. The highest BCUT2D eigenvalue weighted by Crippen LogP contribution is 2.30. The number of carbonyl (C=O) groups is 2. The second kappa shape index (κ2) is 8.13. The van der Waals surface area contributed by atoms with Gasteiger partial charge in [-0.25, -0.2) is 0 Å². The second-order valence-electron chi connectivity index (χ2n) is 8.19. The van der Waals surface area contributed by atoms with Gasteiger partial charge in [0, 0.05) is 53.8 Å². The number of hydrogen-bond acceptors (Lipinski definition) is 4. The Morgan fingerprint density at radius 1 is 1.03 bits per heavy atom. The first-order valence-corrected chi connectivity index (χ1v) is 11.4. The Morgan fingerprint density at radius 3 is 2.61 bits per heavy atom. The monoisotopic (exact) mass is 481 g/mol. The SMILES string of the molecule is Cc1c(C(=O)N2CCN(CC(=O)N3CCc4ccccc43)CC2)oc2ccc(Br)cc12. The minimum absolute atomic E-state index is 0.0794. The molecule has 160 valence electrons. The number of aryl methyl sites for hydroxylation is 1. The van der Waals surface area contributed by atoms with Crippen molar-refractivity contribution in [3.8, 4) is 0 Å². The third kappa shape index (κ3) is 3.77. The van der Waals surface area contributed by atoms with Crippen LogP contribution < -0.4 is 4.90 Å². The summed E-state index contributed by atoms with van der Waals surface area (Å²) < 4.78 is 6.83. The van der Waals surface area contributed by atoms with Crippen LogP contribution in [-0.2, 0) is 11.2 Å². The maximum absolute atomic E-state index is 13.1. The number of benzene rings is 2. The van der Waals surface area contributed by atoms with Crippen LogP contribution in [0.1, 0.15) is 21.7 Å². The van der Waals surface area contributed by atoms with E-state index >= 15 is 0 Å². The van der Waals surface area contributed by atoms with Crippen molar-refractivity contribution in [2.75, 3.05) is 44.2 Å². The zero-order valence-corrected chi connectivity index (χ0v) is 19.0. The molecule has 31 heavy (non-hydrogen) atoms. The number of rotatable bonds is 3. The van der Waals surface area contributed by atoms with Gasteiger partial charge in [-0.3, -0.25) is 14.5 Å². The van der Waals surface area contributed by atoms with Gasteiger partial charge in [0.25, 0.3) is 5.91 Å². The van der Waals surface area contributed by atoms with Crippen LogP contribution in [0.15, 0.2) is 51.4 Å². The minimum Gasteiger partial charge on any atom is -0.451 e. The van der Waals surface area contributed by atoms with Crippen molar-refractivity contribution < 1.29 is 14.0 Å². The number of hydrogen-bond donors (Lipinski definition) is 0. The van der Waals surface area contributed by atoms with Crippen molar-refractivity contribution in [1.82, 2.24) is 9.80 Å². The van der Waals surface area contributed by atoms with Crippen molar-refractivity contribution in [3.63, 3.8) is 0 Å². The Hall–Kier alpha value is -2.64. The lowest BCUT2D eigenvalue weighted by Crippen LogP contribution is -2.51. The van der Waals surface area contributed by atoms with E-state index in [0.717, 1.165) is 39.7 Å². The van der Waals surface area contributed by atoms with Gasteiger partial charge >= 0.3 is 0 Å². The summed E-state index contributed by atoms with van der Waals surface area (Å²) in [7, 11) is 0. The standard InChI is InChI=1S/C24H24BrN3O3/c1-16-19-14-18(25)6-7-21(19)31-23(16)24(30)27-12-10-26(11-13-27)15-22(29)28-9-8-17-4-2-3-5-20(17)28/h2-7,14H,8-13,15H2,1H3. The molecule has 5 rings (SSSR count). The van der Waals surface area contributed by atoms with Gasteiger partial charge in [-0.1, -0.05) is 34.1 Å². The van der Waals surface area contributed by atoms with Gasteiger partial charge in [-0.2, -0.15) is 0 Å². The summed E-state index contributed by atoms with van der Waals surface area (Å²) in [6.07, 6.45) is 0.914. The molecule has 0 N–H and O–H groups in total. The summed E-state index contributed by atoms with van der Waals surface area (Å²) in [5.74, 6) is 0.457. The summed E-state index contributed by atoms with van der Waals surface area (Å²) >= 11 is 3.48. The van der Waals surface area contributed by atoms with Crippen molar-refractivity contribution >= 4 is 44.4 Å². The van der Waals surface area contributed by atoms with E-state index in [1.54, 1.807) is 0 Å². The lowest BCUT2D eigenvalue weighted by molar-refractivity contribution is -0.120. The van der Waals surface area contributed by atoms with Gasteiger partial charge < -0.3 is 14.2 Å². The Bertz CT molecular complexity index is 1160. The normalized spacial score (nSPS) is 16.7. The highest BCUT2D eigenvalue weighted by atomic mass is 79.9. The van der Waals surface area contributed by atoms with E-state index < -0.39 is 0 Å². The molecule has 2 aromatic carbocycles. The van der Waals surface area contributed by atoms with Crippen LogP contribution in [-0.4, -0.2) is 60.9 Å². The first kappa shape index (κ1) is 20.3. The molecule has 2 amide bonds. The Kier molecular flexibility index (Phi) is 5.32. The van der Waals surface area contributed by atoms with Gasteiger partial charge in [0.1, 0.15) is 5.58 Å². The first-order valence-electron chi connectivity index (χ1n) is 10.6. The molecule has 7 heteroatoms. The number of halogens is 1. The Labute approximate surface area is 189 Å². The van der Waals surface area contributed by atoms with E-state index in [1.165, 1.54) is 5.56 Å². The molecule has 1 fully saturated rings. The zero-order chi connectivity index (χ0) is 21.5. The van der Waals surface area contributed by atoms with E-state index in [-0.39, 0.29) is 11.8 Å². The summed E-state index contributed by atoms with van der Waals surface area (Å²) in [6.45, 7) is 5.59. The fourth-order valence-corrected chi connectivity index (χ4v) is 4.88. The largest absolute Gasteiger partial charge is 0.451 e. The molecule has 0 aliphatic carbocycles. The van der Waals surface area contributed by atoms with Gasteiger partial charge in [-0.05, 0) is 43.2 Å². The lowest BCUT2D eigenvalue weighted by atomic mass is 10.1. The van der Waals surface area contributed by atoms with Crippen LogP contribution in [0.3, 0.4) is 0 Å². The molecule has 0 unspecified atom stereocenters. The molecular formula is C24H24BrN3O3. The van der Waals surface area contributed by atoms with Crippen LogP contribution in [0.4, 0.5) is 5.69 Å². The predicted octanol–water partition coefficient (Wildman–Crippen LogP) is 3.85. The summed E-state index contributed by atoms with van der Waals surface area (Å²) in [5, 5.41) is 0.952. The van der Waals surface area contributed by atoms with E-state index in [2.05, 4.69) is 26.9 Å². The van der Waals surface area contributed by atoms with Gasteiger partial charge in [-0.15, -0.1) is 0 Å². The Morgan fingerprint density at radius 2 is 1.81 bits per heavy atom. The molecule has 0 atom stereocenters. The lowest BCUT2D eigenvalue weighted by Gasteiger charge is -2.34. The van der Waals surface area contributed by atoms with E-state index in [4.69, 9.17) is 4.42 Å². The van der Waals surface area contributed by atoms with Gasteiger partial charge in [0.2, 0.25) is 5.91 Å².